The van der Waals surface area contributed by atoms with Gasteiger partial charge in [0.15, 0.2) is 5.96 Å². The van der Waals surface area contributed by atoms with Gasteiger partial charge in [0.25, 0.3) is 0 Å². The Morgan fingerprint density at radius 2 is 1.88 bits per heavy atom. The third-order valence-corrected chi connectivity index (χ3v) is 3.95. The molecule has 0 aromatic rings. The maximum Gasteiger partial charge on any atom is 0.193 e. The molecule has 2 rings (SSSR count). The molecule has 1 fully saturated rings. The first-order valence-electron chi connectivity index (χ1n) is 6.84. The van der Waals surface area contributed by atoms with E-state index in [9.17, 15) is 0 Å². The maximum absolute atomic E-state index is 4.48. The summed E-state index contributed by atoms with van der Waals surface area (Å²) < 4.78 is 0. The fourth-order valence-electron chi connectivity index (χ4n) is 2.63. The summed E-state index contributed by atoms with van der Waals surface area (Å²) in [5, 5.41) is 3.50. The summed E-state index contributed by atoms with van der Waals surface area (Å²) in [7, 11) is 2.10. The first-order valence-corrected chi connectivity index (χ1v) is 6.84. The molecule has 0 atom stereocenters. The van der Waals surface area contributed by atoms with Gasteiger partial charge in [0.05, 0.1) is 6.54 Å². The molecule has 98 valence electrons. The fourth-order valence-corrected chi connectivity index (χ4v) is 2.63. The molecular weight excluding hydrogens is 212 g/mol. The predicted molar refractivity (Wildman–Crippen MR) is 72.4 cm³/mol. The van der Waals surface area contributed by atoms with Crippen molar-refractivity contribution in [3.05, 3.63) is 0 Å². The standard InChI is InChI=1S/C13H26N4/c1-13(2,17-8-5-4-6-9-17)11-15-12-14-7-10-16(12)3/h4-11H2,1-3H3,(H,14,15). The number of guanidine groups is 1. The van der Waals surface area contributed by atoms with Crippen LogP contribution in [-0.4, -0.2) is 61.1 Å². The minimum absolute atomic E-state index is 0.229. The number of hydrogen-bond acceptors (Lipinski definition) is 4. The molecule has 0 amide bonds. The zero-order valence-corrected chi connectivity index (χ0v) is 11.5. The molecule has 0 aromatic heterocycles. The highest BCUT2D eigenvalue weighted by molar-refractivity contribution is 5.81. The fraction of sp³-hybridized carbons (Fsp3) is 0.923. The third-order valence-electron chi connectivity index (χ3n) is 3.95. The zero-order valence-electron chi connectivity index (χ0n) is 11.5. The van der Waals surface area contributed by atoms with Gasteiger partial charge in [-0.05, 0) is 39.8 Å². The van der Waals surface area contributed by atoms with Crippen LogP contribution >= 0.6 is 0 Å². The van der Waals surface area contributed by atoms with E-state index < -0.39 is 0 Å². The first kappa shape index (κ1) is 12.7. The summed E-state index contributed by atoms with van der Waals surface area (Å²) in [6, 6.07) is 0. The van der Waals surface area contributed by atoms with Gasteiger partial charge >= 0.3 is 0 Å². The van der Waals surface area contributed by atoms with Crippen molar-refractivity contribution < 1.29 is 0 Å². The van der Waals surface area contributed by atoms with Gasteiger partial charge < -0.3 is 10.2 Å². The number of nitrogens with one attached hydrogen (secondary N) is 1. The normalized spacial score (nSPS) is 22.8. The van der Waals surface area contributed by atoms with Crippen LogP contribution in [0, 0.1) is 0 Å². The molecular formula is C13H26N4. The molecule has 0 radical (unpaired) electrons. The smallest absolute Gasteiger partial charge is 0.193 e. The van der Waals surface area contributed by atoms with Crippen molar-refractivity contribution in [3.63, 3.8) is 0 Å². The van der Waals surface area contributed by atoms with Crippen LogP contribution in [0.4, 0.5) is 0 Å². The molecule has 0 bridgehead atoms. The molecule has 0 spiro atoms. The highest BCUT2D eigenvalue weighted by Crippen LogP contribution is 2.19. The number of nitrogens with zero attached hydrogens (tertiary/aromatic N) is 3. The van der Waals surface area contributed by atoms with Gasteiger partial charge in [-0.15, -0.1) is 0 Å². The van der Waals surface area contributed by atoms with Crippen LogP contribution in [0.5, 0.6) is 0 Å². The molecule has 2 heterocycles. The number of rotatable bonds is 3. The summed E-state index contributed by atoms with van der Waals surface area (Å²) in [6.45, 7) is 10.1. The average molecular weight is 238 g/mol. The van der Waals surface area contributed by atoms with Gasteiger partial charge in [-0.1, -0.05) is 6.42 Å². The van der Waals surface area contributed by atoms with Gasteiger partial charge in [0.2, 0.25) is 0 Å². The number of likely N-dealkylation sites (tertiary alicyclic amines) is 1. The minimum Gasteiger partial charge on any atom is -0.354 e. The van der Waals surface area contributed by atoms with Crippen molar-refractivity contribution in [1.82, 2.24) is 15.1 Å². The van der Waals surface area contributed by atoms with E-state index in [-0.39, 0.29) is 5.54 Å². The van der Waals surface area contributed by atoms with E-state index in [0.717, 1.165) is 25.6 Å². The van der Waals surface area contributed by atoms with E-state index >= 15 is 0 Å². The van der Waals surface area contributed by atoms with Crippen molar-refractivity contribution >= 4 is 5.96 Å². The van der Waals surface area contributed by atoms with Crippen LogP contribution in [-0.2, 0) is 0 Å². The highest BCUT2D eigenvalue weighted by Gasteiger charge is 2.28. The van der Waals surface area contributed by atoms with Gasteiger partial charge in [-0.25, -0.2) is 0 Å². The molecule has 1 saturated heterocycles. The van der Waals surface area contributed by atoms with E-state index in [1.807, 2.05) is 0 Å². The van der Waals surface area contributed by atoms with Crippen LogP contribution in [0.1, 0.15) is 33.1 Å². The number of likely N-dealkylation sites (N-methyl/N-ethyl adjacent to an activating group) is 1. The molecule has 1 N–H and O–H groups in total. The highest BCUT2D eigenvalue weighted by atomic mass is 15.3. The molecule has 0 aliphatic carbocycles. The Kier molecular flexibility index (Phi) is 3.92. The van der Waals surface area contributed by atoms with Crippen LogP contribution < -0.4 is 5.32 Å². The number of hydrogen-bond donors (Lipinski definition) is 1. The Bertz CT molecular complexity index is 279. The summed E-state index contributed by atoms with van der Waals surface area (Å²) in [5.41, 5.74) is 0.229. The Balaban J connectivity index is 1.83. The van der Waals surface area contributed by atoms with Crippen molar-refractivity contribution in [2.45, 2.75) is 38.6 Å². The van der Waals surface area contributed by atoms with Crippen molar-refractivity contribution in [2.75, 3.05) is 39.8 Å². The monoisotopic (exact) mass is 238 g/mol. The van der Waals surface area contributed by atoms with Crippen LogP contribution in [0.25, 0.3) is 0 Å². The molecule has 17 heavy (non-hydrogen) atoms. The van der Waals surface area contributed by atoms with Crippen molar-refractivity contribution in [3.8, 4) is 0 Å². The SMILES string of the molecule is CN1CCN=C1NCC(C)(C)N1CCCCC1. The van der Waals surface area contributed by atoms with Crippen molar-refractivity contribution in [1.29, 1.82) is 0 Å². The molecule has 0 aromatic carbocycles. The first-order chi connectivity index (χ1) is 8.09. The summed E-state index contributed by atoms with van der Waals surface area (Å²) in [5.74, 6) is 1.06. The molecule has 0 saturated carbocycles. The zero-order chi connectivity index (χ0) is 12.3. The van der Waals surface area contributed by atoms with E-state index in [1.54, 1.807) is 0 Å². The van der Waals surface area contributed by atoms with E-state index in [4.69, 9.17) is 0 Å². The lowest BCUT2D eigenvalue weighted by atomic mass is 9.98. The molecule has 4 heteroatoms. The summed E-state index contributed by atoms with van der Waals surface area (Å²) in [4.78, 5) is 9.29. The largest absolute Gasteiger partial charge is 0.354 e. The number of piperidine rings is 1. The van der Waals surface area contributed by atoms with E-state index in [2.05, 4.69) is 41.0 Å². The molecule has 2 aliphatic heterocycles. The lowest BCUT2D eigenvalue weighted by molar-refractivity contribution is 0.0979. The third kappa shape index (κ3) is 3.12. The topological polar surface area (TPSA) is 30.9 Å². The Morgan fingerprint density at radius 1 is 1.18 bits per heavy atom. The second kappa shape index (κ2) is 5.25. The molecule has 4 nitrogen and oxygen atoms in total. The average Bonchev–Trinajstić information content (AvgIpc) is 2.74. The van der Waals surface area contributed by atoms with E-state index in [1.165, 1.54) is 32.4 Å². The van der Waals surface area contributed by atoms with Crippen LogP contribution in [0.15, 0.2) is 4.99 Å². The second-order valence-electron chi connectivity index (χ2n) is 5.84. The Hall–Kier alpha value is -0.770. The quantitative estimate of drug-likeness (QED) is 0.800. The van der Waals surface area contributed by atoms with Gasteiger partial charge in [0.1, 0.15) is 0 Å². The summed E-state index contributed by atoms with van der Waals surface area (Å²) >= 11 is 0. The van der Waals surface area contributed by atoms with E-state index in [0.29, 0.717) is 0 Å². The predicted octanol–water partition coefficient (Wildman–Crippen LogP) is 1.14. The van der Waals surface area contributed by atoms with Crippen molar-refractivity contribution in [2.24, 2.45) is 4.99 Å². The molecule has 0 unspecified atom stereocenters. The van der Waals surface area contributed by atoms with Gasteiger partial charge in [-0.3, -0.25) is 9.89 Å². The second-order valence-corrected chi connectivity index (χ2v) is 5.84. The number of aliphatic imine (C=N–C) groups is 1. The van der Waals surface area contributed by atoms with Gasteiger partial charge in [0, 0.05) is 25.7 Å². The minimum atomic E-state index is 0.229. The van der Waals surface area contributed by atoms with Gasteiger partial charge in [-0.2, -0.15) is 0 Å². The summed E-state index contributed by atoms with van der Waals surface area (Å²) in [6.07, 6.45) is 4.10. The maximum atomic E-state index is 4.48. The van der Waals surface area contributed by atoms with Crippen LogP contribution in [0.2, 0.25) is 0 Å². The van der Waals surface area contributed by atoms with Crippen LogP contribution in [0.3, 0.4) is 0 Å². The molecule has 2 aliphatic rings. The Labute approximate surface area is 105 Å². The lowest BCUT2D eigenvalue weighted by Gasteiger charge is -2.41. The lowest BCUT2D eigenvalue weighted by Crippen LogP contribution is -2.54. The Morgan fingerprint density at radius 3 is 2.47 bits per heavy atom.